The highest BCUT2D eigenvalue weighted by Crippen LogP contribution is 2.52. The molecule has 2 bridgehead atoms. The van der Waals surface area contributed by atoms with Crippen LogP contribution in [0.3, 0.4) is 0 Å². The molecule has 1 aliphatic heterocycles. The molecule has 2 heterocycles. The maximum absolute atomic E-state index is 13.0. The molecule has 1 aliphatic carbocycles. The lowest BCUT2D eigenvalue weighted by atomic mass is 9.65. The van der Waals surface area contributed by atoms with Crippen LogP contribution in [0.15, 0.2) is 35.5 Å². The van der Waals surface area contributed by atoms with Crippen molar-refractivity contribution in [2.45, 2.75) is 64.7 Å². The third-order valence-corrected chi connectivity index (χ3v) is 7.08. The van der Waals surface area contributed by atoms with E-state index in [2.05, 4.69) is 47.4 Å². The Balaban J connectivity index is 1.46. The van der Waals surface area contributed by atoms with E-state index in [1.54, 1.807) is 0 Å². The number of amides is 1. The number of aromatic nitrogens is 3. The first-order valence-electron chi connectivity index (χ1n) is 10.2. The Morgan fingerprint density at radius 2 is 1.93 bits per heavy atom. The zero-order valence-electron chi connectivity index (χ0n) is 17.3. The Kier molecular flexibility index (Phi) is 5.02. The average Bonchev–Trinajstić information content (AvgIpc) is 3.17. The minimum absolute atomic E-state index is 0.239. The van der Waals surface area contributed by atoms with Crippen molar-refractivity contribution in [3.63, 3.8) is 0 Å². The fraction of sp³-hybridized carbons (Fsp3) is 0.591. The van der Waals surface area contributed by atoms with Crippen molar-refractivity contribution in [2.24, 2.45) is 10.8 Å². The van der Waals surface area contributed by atoms with E-state index in [4.69, 9.17) is 0 Å². The van der Waals surface area contributed by atoms with Crippen LogP contribution in [-0.4, -0.2) is 43.9 Å². The Bertz CT molecular complexity index is 863. The van der Waals surface area contributed by atoms with E-state index < -0.39 is 0 Å². The average molecular weight is 399 g/mol. The first kappa shape index (κ1) is 19.5. The Morgan fingerprint density at radius 1 is 1.18 bits per heavy atom. The fourth-order valence-electron chi connectivity index (χ4n) is 5.44. The van der Waals surface area contributed by atoms with Gasteiger partial charge in [-0.05, 0) is 37.0 Å². The molecular weight excluding hydrogens is 368 g/mol. The molecule has 1 saturated heterocycles. The molecule has 5 nitrogen and oxygen atoms in total. The quantitative estimate of drug-likeness (QED) is 0.697. The van der Waals surface area contributed by atoms with Gasteiger partial charge < -0.3 is 9.47 Å². The molecule has 0 N–H and O–H groups in total. The molecule has 28 heavy (non-hydrogen) atoms. The highest BCUT2D eigenvalue weighted by atomic mass is 32.2. The lowest BCUT2D eigenvalue weighted by Crippen LogP contribution is -2.38. The van der Waals surface area contributed by atoms with Crippen molar-refractivity contribution in [3.8, 4) is 11.4 Å². The molecular formula is C22H30N4OS. The topological polar surface area (TPSA) is 51.0 Å². The second kappa shape index (κ2) is 7.21. The number of hydrogen-bond acceptors (Lipinski definition) is 4. The number of fused-ring (bicyclic) bond motifs is 2. The molecule has 150 valence electrons. The van der Waals surface area contributed by atoms with Gasteiger partial charge in [-0.3, -0.25) is 4.79 Å². The number of thioether (sulfide) groups is 1. The standard InChI is InChI=1S/C22H30N4OS/c1-5-25-19(16-9-7-6-8-10-16)23-24-20(25)28-13-18(27)26-15-22(4)12-17(26)11-21(2,3)14-22/h6-10,17H,5,11-15H2,1-4H3/t17-,22-/m1/s1. The normalized spacial score (nSPS) is 25.9. The summed E-state index contributed by atoms with van der Waals surface area (Å²) in [6.45, 7) is 10.8. The van der Waals surface area contributed by atoms with Crippen molar-refractivity contribution in [2.75, 3.05) is 12.3 Å². The van der Waals surface area contributed by atoms with Crippen molar-refractivity contribution in [3.05, 3.63) is 30.3 Å². The van der Waals surface area contributed by atoms with Gasteiger partial charge in [0.25, 0.3) is 0 Å². The van der Waals surface area contributed by atoms with E-state index in [9.17, 15) is 4.79 Å². The lowest BCUT2D eigenvalue weighted by Gasteiger charge is -2.39. The summed E-state index contributed by atoms with van der Waals surface area (Å²) in [7, 11) is 0. The minimum atomic E-state index is 0.239. The monoisotopic (exact) mass is 398 g/mol. The number of carbonyl (C=O) groups is 1. The fourth-order valence-corrected chi connectivity index (χ4v) is 6.33. The molecule has 2 atom stereocenters. The Hall–Kier alpha value is -1.82. The summed E-state index contributed by atoms with van der Waals surface area (Å²) >= 11 is 1.51. The molecule has 1 amide bonds. The van der Waals surface area contributed by atoms with Gasteiger partial charge in [-0.25, -0.2) is 0 Å². The van der Waals surface area contributed by atoms with Gasteiger partial charge in [-0.1, -0.05) is 62.9 Å². The van der Waals surface area contributed by atoms with Crippen molar-refractivity contribution in [1.29, 1.82) is 0 Å². The molecule has 6 heteroatoms. The van der Waals surface area contributed by atoms with Gasteiger partial charge in [0.15, 0.2) is 11.0 Å². The summed E-state index contributed by atoms with van der Waals surface area (Å²) in [5.41, 5.74) is 1.65. The molecule has 1 aromatic carbocycles. The van der Waals surface area contributed by atoms with Crippen molar-refractivity contribution < 1.29 is 4.79 Å². The molecule has 2 aromatic rings. The van der Waals surface area contributed by atoms with Gasteiger partial charge in [-0.2, -0.15) is 0 Å². The summed E-state index contributed by atoms with van der Waals surface area (Å²) < 4.78 is 2.10. The van der Waals surface area contributed by atoms with E-state index in [-0.39, 0.29) is 11.3 Å². The number of rotatable bonds is 5. The summed E-state index contributed by atoms with van der Waals surface area (Å²) in [4.78, 5) is 15.2. The Morgan fingerprint density at radius 3 is 2.64 bits per heavy atom. The van der Waals surface area contributed by atoms with Gasteiger partial charge >= 0.3 is 0 Å². The van der Waals surface area contributed by atoms with Gasteiger partial charge in [0, 0.05) is 24.7 Å². The smallest absolute Gasteiger partial charge is 0.233 e. The van der Waals surface area contributed by atoms with Gasteiger partial charge in [0.05, 0.1) is 5.75 Å². The van der Waals surface area contributed by atoms with Crippen molar-refractivity contribution in [1.82, 2.24) is 19.7 Å². The lowest BCUT2D eigenvalue weighted by molar-refractivity contribution is -0.129. The SMILES string of the molecule is CCn1c(SCC(=O)N2C[C@]3(C)C[C@H]2CC(C)(C)C3)nnc1-c1ccccc1. The third-order valence-electron chi connectivity index (χ3n) is 6.12. The van der Waals surface area contributed by atoms with Gasteiger partial charge in [0.1, 0.15) is 0 Å². The molecule has 4 rings (SSSR count). The first-order chi connectivity index (χ1) is 13.3. The first-order valence-corrected chi connectivity index (χ1v) is 11.2. The van der Waals surface area contributed by atoms with Crippen LogP contribution in [-0.2, 0) is 11.3 Å². The Labute approximate surface area is 171 Å². The highest BCUT2D eigenvalue weighted by molar-refractivity contribution is 7.99. The maximum atomic E-state index is 13.0. The van der Waals surface area contributed by atoms with Gasteiger partial charge in [-0.15, -0.1) is 10.2 Å². The van der Waals surface area contributed by atoms with E-state index in [1.807, 2.05) is 30.3 Å². The molecule has 2 fully saturated rings. The van der Waals surface area contributed by atoms with Crippen LogP contribution in [0.2, 0.25) is 0 Å². The highest BCUT2D eigenvalue weighted by Gasteiger charge is 2.50. The zero-order chi connectivity index (χ0) is 19.9. The number of likely N-dealkylation sites (tertiary alicyclic amines) is 1. The molecule has 1 saturated carbocycles. The predicted molar refractivity (Wildman–Crippen MR) is 113 cm³/mol. The van der Waals surface area contributed by atoms with Crippen LogP contribution in [0.4, 0.5) is 0 Å². The maximum Gasteiger partial charge on any atom is 0.233 e. The number of benzene rings is 1. The molecule has 0 radical (unpaired) electrons. The van der Waals surface area contributed by atoms with Crippen LogP contribution in [0.5, 0.6) is 0 Å². The summed E-state index contributed by atoms with van der Waals surface area (Å²) in [6.07, 6.45) is 3.47. The van der Waals surface area contributed by atoms with E-state index in [0.29, 0.717) is 17.2 Å². The number of carbonyl (C=O) groups excluding carboxylic acids is 1. The van der Waals surface area contributed by atoms with E-state index >= 15 is 0 Å². The second-order valence-electron chi connectivity index (χ2n) is 9.44. The molecule has 1 aromatic heterocycles. The van der Waals surface area contributed by atoms with Crippen LogP contribution in [0, 0.1) is 10.8 Å². The molecule has 0 spiro atoms. The summed E-state index contributed by atoms with van der Waals surface area (Å²) in [5.74, 6) is 1.53. The second-order valence-corrected chi connectivity index (χ2v) is 10.4. The van der Waals surface area contributed by atoms with Crippen LogP contribution < -0.4 is 0 Å². The summed E-state index contributed by atoms with van der Waals surface area (Å²) in [5, 5.41) is 9.58. The van der Waals surface area contributed by atoms with Crippen LogP contribution in [0.25, 0.3) is 11.4 Å². The molecule has 0 unspecified atom stereocenters. The van der Waals surface area contributed by atoms with E-state index in [0.717, 1.165) is 42.5 Å². The summed E-state index contributed by atoms with van der Waals surface area (Å²) in [6, 6.07) is 10.5. The van der Waals surface area contributed by atoms with Crippen LogP contribution in [0.1, 0.15) is 47.0 Å². The van der Waals surface area contributed by atoms with E-state index in [1.165, 1.54) is 18.2 Å². The largest absolute Gasteiger partial charge is 0.338 e. The number of nitrogens with zero attached hydrogens (tertiary/aromatic N) is 4. The third kappa shape index (κ3) is 3.71. The van der Waals surface area contributed by atoms with Crippen LogP contribution >= 0.6 is 11.8 Å². The zero-order valence-corrected chi connectivity index (χ0v) is 18.1. The molecule has 2 aliphatic rings. The number of hydrogen-bond donors (Lipinski definition) is 0. The van der Waals surface area contributed by atoms with Crippen molar-refractivity contribution >= 4 is 17.7 Å². The van der Waals surface area contributed by atoms with Gasteiger partial charge in [0.2, 0.25) is 5.91 Å². The predicted octanol–water partition coefficient (Wildman–Crippen LogP) is 4.48. The minimum Gasteiger partial charge on any atom is -0.338 e.